The van der Waals surface area contributed by atoms with Gasteiger partial charge in [-0.1, -0.05) is 261 Å². The molecule has 24 nitrogen and oxygen atoms in total. The van der Waals surface area contributed by atoms with Gasteiger partial charge in [-0.05, 0) is 142 Å². The van der Waals surface area contributed by atoms with Crippen molar-refractivity contribution < 1.29 is 96.7 Å². The predicted octanol–water partition coefficient (Wildman–Crippen LogP) is 17.1. The van der Waals surface area contributed by atoms with Gasteiger partial charge in [0.25, 0.3) is 0 Å². The molecule has 0 radical (unpaired) electrons. The summed E-state index contributed by atoms with van der Waals surface area (Å²) in [5.74, 6) is -4.54. The lowest BCUT2D eigenvalue weighted by molar-refractivity contribution is -0.158. The number of hydrogen-bond donors (Lipinski definition) is 4. The van der Waals surface area contributed by atoms with E-state index in [1.54, 1.807) is 9.80 Å². The summed E-state index contributed by atoms with van der Waals surface area (Å²) in [6.07, 6.45) is 39.8. The second kappa shape index (κ2) is 78.4. The van der Waals surface area contributed by atoms with Crippen LogP contribution in [0.5, 0.6) is 0 Å². The maximum Gasteiger partial charge on any atom is 0.336 e. The van der Waals surface area contributed by atoms with E-state index in [2.05, 4.69) is 65.2 Å². The highest BCUT2D eigenvalue weighted by Crippen LogP contribution is 2.26. The lowest BCUT2D eigenvalue weighted by Crippen LogP contribution is -2.48. The van der Waals surface area contributed by atoms with Crippen LogP contribution in [0.25, 0.3) is 0 Å². The average molecular weight is 1680 g/mol. The number of carbonyl (C=O) groups is 8. The number of unbranched alkanes of at least 4 members (excludes halogenated alkanes) is 28. The number of rotatable bonds is 84. The zero-order chi connectivity index (χ0) is 86.7. The van der Waals surface area contributed by atoms with Gasteiger partial charge in [-0.2, -0.15) is 0 Å². The summed E-state index contributed by atoms with van der Waals surface area (Å²) >= 11 is 0. The molecule has 4 atom stereocenters. The van der Waals surface area contributed by atoms with Gasteiger partial charge in [-0.15, -0.1) is 0 Å². The van der Waals surface area contributed by atoms with Crippen molar-refractivity contribution in [2.45, 2.75) is 401 Å². The SMILES string of the molecule is CCCCCCC(CCCCCC)C(=O)OCCCCOC(=O)C(O)CN(CCCN1CCN(CCCN(CC(O)C(=O)OCCCCOC(=O)C(CCCCCC)CCCCCC)CC(O)C(=O)OCCCCOC(=O)C(CCCCCC)CCCCCC)CC1)CC(O)C(=O)OCCCCOC(=O)C(CCCCCC)CCCCCC. The van der Waals surface area contributed by atoms with Gasteiger partial charge in [0.1, 0.15) is 0 Å². The van der Waals surface area contributed by atoms with E-state index in [9.17, 15) is 58.8 Å². The Balaban J connectivity index is 3.10. The molecular formula is C94H176N4O20. The maximum absolute atomic E-state index is 13.3. The predicted molar refractivity (Wildman–Crippen MR) is 468 cm³/mol. The minimum absolute atomic E-state index is 0.00715. The monoisotopic (exact) mass is 1680 g/mol. The van der Waals surface area contributed by atoms with Crippen LogP contribution in [0.2, 0.25) is 0 Å². The van der Waals surface area contributed by atoms with Crippen molar-refractivity contribution >= 4 is 47.8 Å². The Hall–Kier alpha value is -4.56. The second-order valence-electron chi connectivity index (χ2n) is 33.7. The van der Waals surface area contributed by atoms with E-state index < -0.39 is 48.3 Å². The van der Waals surface area contributed by atoms with Gasteiger partial charge >= 0.3 is 47.8 Å². The number of hydrogen-bond acceptors (Lipinski definition) is 24. The highest BCUT2D eigenvalue weighted by Gasteiger charge is 2.30. The fourth-order valence-electron chi connectivity index (χ4n) is 15.2. The molecule has 692 valence electrons. The van der Waals surface area contributed by atoms with Crippen LogP contribution in [0.4, 0.5) is 0 Å². The zero-order valence-corrected chi connectivity index (χ0v) is 76.2. The largest absolute Gasteiger partial charge is 0.465 e. The Morgan fingerprint density at radius 1 is 0.229 bits per heavy atom. The summed E-state index contributed by atoms with van der Waals surface area (Å²) in [5, 5.41) is 45.0. The normalized spacial score (nSPS) is 13.8. The number of esters is 8. The molecule has 1 saturated heterocycles. The molecule has 0 amide bonds. The van der Waals surface area contributed by atoms with Crippen molar-refractivity contribution in [3.63, 3.8) is 0 Å². The molecule has 0 aromatic rings. The highest BCUT2D eigenvalue weighted by molar-refractivity contribution is 5.77. The van der Waals surface area contributed by atoms with Crippen molar-refractivity contribution in [1.82, 2.24) is 19.6 Å². The van der Waals surface area contributed by atoms with Crippen LogP contribution in [-0.4, -0.2) is 244 Å². The second-order valence-corrected chi connectivity index (χ2v) is 33.7. The van der Waals surface area contributed by atoms with Crippen molar-refractivity contribution in [2.75, 3.05) is 131 Å². The molecule has 118 heavy (non-hydrogen) atoms. The van der Waals surface area contributed by atoms with Crippen molar-refractivity contribution in [3.05, 3.63) is 0 Å². The van der Waals surface area contributed by atoms with Gasteiger partial charge in [-0.3, -0.25) is 29.0 Å². The molecule has 4 N–H and O–H groups in total. The van der Waals surface area contributed by atoms with Crippen LogP contribution < -0.4 is 0 Å². The highest BCUT2D eigenvalue weighted by atomic mass is 16.6. The fourth-order valence-corrected chi connectivity index (χ4v) is 15.2. The van der Waals surface area contributed by atoms with Gasteiger partial charge in [0.05, 0.1) is 76.5 Å². The minimum Gasteiger partial charge on any atom is -0.465 e. The molecule has 1 fully saturated rings. The van der Waals surface area contributed by atoms with E-state index >= 15 is 0 Å². The molecule has 0 aromatic carbocycles. The van der Waals surface area contributed by atoms with Gasteiger partial charge in [0.2, 0.25) is 0 Å². The zero-order valence-electron chi connectivity index (χ0n) is 76.2. The summed E-state index contributed by atoms with van der Waals surface area (Å²) in [6, 6.07) is 0. The third-order valence-corrected chi connectivity index (χ3v) is 22.9. The smallest absolute Gasteiger partial charge is 0.336 e. The summed E-state index contributed by atoms with van der Waals surface area (Å²) in [7, 11) is 0. The summed E-state index contributed by atoms with van der Waals surface area (Å²) < 4.78 is 44.9. The molecule has 1 aliphatic rings. The van der Waals surface area contributed by atoms with Gasteiger partial charge in [0, 0.05) is 52.4 Å². The van der Waals surface area contributed by atoms with Crippen LogP contribution in [0.3, 0.4) is 0 Å². The molecular weight excluding hydrogens is 1510 g/mol. The third-order valence-electron chi connectivity index (χ3n) is 22.9. The molecule has 1 rings (SSSR count). The van der Waals surface area contributed by atoms with E-state index in [-0.39, 0.29) is 127 Å². The van der Waals surface area contributed by atoms with Gasteiger partial charge < -0.3 is 68.1 Å². The van der Waals surface area contributed by atoms with Crippen LogP contribution in [-0.2, 0) is 76.3 Å². The number of ether oxygens (including phenoxy) is 8. The Kier molecular flexibility index (Phi) is 74.1. The number of aliphatic hydroxyl groups excluding tert-OH is 4. The van der Waals surface area contributed by atoms with E-state index in [0.717, 1.165) is 257 Å². The number of nitrogens with zero attached hydrogens (tertiary/aromatic N) is 4. The molecule has 1 aliphatic heterocycles. The van der Waals surface area contributed by atoms with E-state index in [0.29, 0.717) is 117 Å². The van der Waals surface area contributed by atoms with Crippen LogP contribution in [0.15, 0.2) is 0 Å². The average Bonchev–Trinajstić information content (AvgIpc) is 0.896. The topological polar surface area (TPSA) is 304 Å². The van der Waals surface area contributed by atoms with Crippen LogP contribution >= 0.6 is 0 Å². The molecule has 4 unspecified atom stereocenters. The molecule has 0 aromatic heterocycles. The minimum atomic E-state index is -1.59. The van der Waals surface area contributed by atoms with Crippen molar-refractivity contribution in [3.8, 4) is 0 Å². The Morgan fingerprint density at radius 2 is 0.390 bits per heavy atom. The van der Waals surface area contributed by atoms with E-state index in [4.69, 9.17) is 37.9 Å². The van der Waals surface area contributed by atoms with Crippen LogP contribution in [0, 0.1) is 23.7 Å². The van der Waals surface area contributed by atoms with Gasteiger partial charge in [0.15, 0.2) is 24.4 Å². The summed E-state index contributed by atoms with van der Waals surface area (Å²) in [6.45, 7) is 22.0. The maximum atomic E-state index is 13.3. The van der Waals surface area contributed by atoms with Crippen molar-refractivity contribution in [2.24, 2.45) is 23.7 Å². The number of carbonyl (C=O) groups excluding carboxylic acids is 8. The molecule has 1 heterocycles. The quantitative estimate of drug-likeness (QED) is 0.0250. The van der Waals surface area contributed by atoms with Gasteiger partial charge in [-0.25, -0.2) is 19.2 Å². The lowest BCUT2D eigenvalue weighted by atomic mass is 9.94. The third kappa shape index (κ3) is 60.9. The first-order valence-electron chi connectivity index (χ1n) is 48.3. The first-order chi connectivity index (χ1) is 57.3. The fraction of sp³-hybridized carbons (Fsp3) is 0.915. The molecule has 0 aliphatic carbocycles. The Labute approximate surface area is 716 Å². The molecule has 0 spiro atoms. The Bertz CT molecular complexity index is 2090. The lowest BCUT2D eigenvalue weighted by Gasteiger charge is -2.35. The van der Waals surface area contributed by atoms with E-state index in [1.165, 1.54) is 0 Å². The first-order valence-corrected chi connectivity index (χ1v) is 48.3. The van der Waals surface area contributed by atoms with Crippen LogP contribution in [0.1, 0.15) is 376 Å². The molecule has 0 saturated carbocycles. The summed E-state index contributed by atoms with van der Waals surface area (Å²) in [4.78, 5) is 114. The Morgan fingerprint density at radius 3 is 0.551 bits per heavy atom. The molecule has 0 bridgehead atoms. The number of aliphatic hydroxyl groups is 4. The first kappa shape index (κ1) is 111. The van der Waals surface area contributed by atoms with Crippen molar-refractivity contribution in [1.29, 1.82) is 0 Å². The summed E-state index contributed by atoms with van der Waals surface area (Å²) in [5.41, 5.74) is 0. The number of piperazine rings is 1. The standard InChI is InChI=1S/C94H176N4O20/c1-9-17-25-33-51-79(52-34-26-18-10-2)87(103)111-67-41-45-71-115-91(107)83(99)75-97(76-84(100)92(108)116-72-46-42-68-112-88(104)80(53-35-27-19-11-3)54-36-28-20-12-4)61-49-59-95-63-65-96(66-64-95)60-50-62-98(77-85(101)93(109)117-73-47-43-69-113-89(105)81(55-37-29-21-13-5)56-38-30-22-14-6)78-86(102)94(110)118-74-48-44-70-114-90(106)82(57-39-31-23-15-7)58-40-32-24-16-8/h79-86,99-102H,9-78H2,1-8H3. The van der Waals surface area contributed by atoms with E-state index in [1.807, 2.05) is 0 Å². The molecule has 24 heteroatoms.